The number of nitrogens with one attached hydrogen (secondary N) is 1. The number of carbonyl (C=O) groups excluding carboxylic acids is 1. The Hall–Kier alpha value is -1.95. The molecule has 0 fully saturated rings. The second-order valence-electron chi connectivity index (χ2n) is 4.16. The summed E-state index contributed by atoms with van der Waals surface area (Å²) in [6.45, 7) is 1.98. The van der Waals surface area contributed by atoms with E-state index in [4.69, 9.17) is 4.74 Å². The van der Waals surface area contributed by atoms with Gasteiger partial charge in [-0.3, -0.25) is 0 Å². The van der Waals surface area contributed by atoms with Crippen molar-refractivity contribution < 1.29 is 9.53 Å². The number of nitrogens with zero attached hydrogens (tertiary/aromatic N) is 2. The number of carbonyl (C=O) groups is 1. The van der Waals surface area contributed by atoms with Gasteiger partial charge in [0, 0.05) is 23.3 Å². The Morgan fingerprint density at radius 2 is 2.15 bits per heavy atom. The highest BCUT2D eigenvalue weighted by Gasteiger charge is 2.15. The molecular weight excluding hydrogens is 322 g/mol. The van der Waals surface area contributed by atoms with Crippen LogP contribution in [0.5, 0.6) is 0 Å². The molecule has 6 heteroatoms. The second-order valence-corrected chi connectivity index (χ2v) is 5.07. The third-order valence-electron chi connectivity index (χ3n) is 2.87. The van der Waals surface area contributed by atoms with Crippen LogP contribution in [0.15, 0.2) is 28.9 Å². The van der Waals surface area contributed by atoms with Crippen molar-refractivity contribution in [2.24, 2.45) is 0 Å². The molecule has 1 N–H and O–H groups in total. The molecule has 0 radical (unpaired) electrons. The van der Waals surface area contributed by atoms with E-state index in [9.17, 15) is 4.79 Å². The lowest BCUT2D eigenvalue weighted by molar-refractivity contribution is 0.0601. The number of aromatic nitrogens is 2. The second kappa shape index (κ2) is 6.00. The third-order valence-corrected chi connectivity index (χ3v) is 3.36. The zero-order valence-corrected chi connectivity index (χ0v) is 13.0. The molecule has 2 rings (SSSR count). The maximum Gasteiger partial charge on any atom is 0.343 e. The summed E-state index contributed by atoms with van der Waals surface area (Å²) in [7, 11) is 3.03. The SMILES string of the molecule is CNc1nc(-c2cc(Br)ccc2C)ncc1C(=O)OC. The van der Waals surface area contributed by atoms with Gasteiger partial charge in [-0.05, 0) is 24.6 Å². The van der Waals surface area contributed by atoms with E-state index >= 15 is 0 Å². The zero-order chi connectivity index (χ0) is 14.7. The first kappa shape index (κ1) is 14.5. The standard InChI is InChI=1S/C14H14BrN3O2/c1-8-4-5-9(15)6-10(8)13-17-7-11(14(19)20-3)12(16-2)18-13/h4-7H,1-3H3,(H,16,17,18). The molecule has 104 valence electrons. The maximum absolute atomic E-state index is 11.6. The lowest BCUT2D eigenvalue weighted by Crippen LogP contribution is -2.09. The highest BCUT2D eigenvalue weighted by molar-refractivity contribution is 9.10. The summed E-state index contributed by atoms with van der Waals surface area (Å²) in [6.07, 6.45) is 1.47. The van der Waals surface area contributed by atoms with Crippen molar-refractivity contribution in [1.29, 1.82) is 0 Å². The average molecular weight is 336 g/mol. The molecule has 1 heterocycles. The Kier molecular flexibility index (Phi) is 4.34. The van der Waals surface area contributed by atoms with E-state index in [1.165, 1.54) is 13.3 Å². The van der Waals surface area contributed by atoms with Crippen LogP contribution in [-0.4, -0.2) is 30.1 Å². The lowest BCUT2D eigenvalue weighted by Gasteiger charge is -2.10. The van der Waals surface area contributed by atoms with Crippen molar-refractivity contribution in [2.45, 2.75) is 6.92 Å². The number of halogens is 1. The molecule has 20 heavy (non-hydrogen) atoms. The van der Waals surface area contributed by atoms with Crippen LogP contribution in [0.3, 0.4) is 0 Å². The van der Waals surface area contributed by atoms with Crippen LogP contribution in [0.1, 0.15) is 15.9 Å². The monoisotopic (exact) mass is 335 g/mol. The largest absolute Gasteiger partial charge is 0.465 e. The molecule has 1 aromatic heterocycles. The normalized spacial score (nSPS) is 10.2. The summed E-state index contributed by atoms with van der Waals surface area (Å²) in [4.78, 5) is 20.3. The van der Waals surface area contributed by atoms with Gasteiger partial charge in [0.05, 0.1) is 7.11 Å². The predicted molar refractivity (Wildman–Crippen MR) is 80.8 cm³/mol. The molecule has 0 saturated carbocycles. The smallest absolute Gasteiger partial charge is 0.343 e. The van der Waals surface area contributed by atoms with Crippen molar-refractivity contribution >= 4 is 27.7 Å². The van der Waals surface area contributed by atoms with Gasteiger partial charge in [0.25, 0.3) is 0 Å². The maximum atomic E-state index is 11.6. The molecule has 0 amide bonds. The molecule has 0 bridgehead atoms. The van der Waals surface area contributed by atoms with Gasteiger partial charge in [0.1, 0.15) is 11.4 Å². The van der Waals surface area contributed by atoms with Gasteiger partial charge in [-0.1, -0.05) is 22.0 Å². The number of esters is 1. The van der Waals surface area contributed by atoms with Crippen LogP contribution in [0.2, 0.25) is 0 Å². The molecule has 1 aromatic carbocycles. The highest BCUT2D eigenvalue weighted by Crippen LogP contribution is 2.25. The molecule has 0 saturated heterocycles. The summed E-state index contributed by atoms with van der Waals surface area (Å²) in [6, 6.07) is 5.89. The van der Waals surface area contributed by atoms with Crippen molar-refractivity contribution in [3.63, 3.8) is 0 Å². The fraction of sp³-hybridized carbons (Fsp3) is 0.214. The van der Waals surface area contributed by atoms with Crippen LogP contribution in [0, 0.1) is 6.92 Å². The van der Waals surface area contributed by atoms with Gasteiger partial charge in [-0.25, -0.2) is 14.8 Å². The van der Waals surface area contributed by atoms with Crippen molar-refractivity contribution in [3.05, 3.63) is 40.0 Å². The molecule has 0 atom stereocenters. The van der Waals surface area contributed by atoms with Gasteiger partial charge in [-0.15, -0.1) is 0 Å². The van der Waals surface area contributed by atoms with Gasteiger partial charge >= 0.3 is 5.97 Å². The number of benzene rings is 1. The summed E-state index contributed by atoms with van der Waals surface area (Å²) in [5, 5.41) is 2.89. The Balaban J connectivity index is 2.54. The Bertz CT molecular complexity index is 659. The summed E-state index contributed by atoms with van der Waals surface area (Å²) < 4.78 is 5.65. The summed E-state index contributed by atoms with van der Waals surface area (Å²) >= 11 is 3.43. The fourth-order valence-electron chi connectivity index (χ4n) is 1.80. The number of aryl methyl sites for hydroxylation is 1. The lowest BCUT2D eigenvalue weighted by atomic mass is 10.1. The number of hydrogen-bond acceptors (Lipinski definition) is 5. The first-order valence-corrected chi connectivity index (χ1v) is 6.75. The van der Waals surface area contributed by atoms with Crippen LogP contribution >= 0.6 is 15.9 Å². The van der Waals surface area contributed by atoms with Crippen molar-refractivity contribution in [1.82, 2.24) is 9.97 Å². The number of rotatable bonds is 3. The number of anilines is 1. The Morgan fingerprint density at radius 1 is 1.40 bits per heavy atom. The van der Waals surface area contributed by atoms with Crippen LogP contribution in [-0.2, 0) is 4.74 Å². The van der Waals surface area contributed by atoms with Crippen LogP contribution < -0.4 is 5.32 Å². The van der Waals surface area contributed by atoms with E-state index in [0.717, 1.165) is 15.6 Å². The van der Waals surface area contributed by atoms with Gasteiger partial charge in [0.2, 0.25) is 0 Å². The van der Waals surface area contributed by atoms with Crippen LogP contribution in [0.4, 0.5) is 5.82 Å². The summed E-state index contributed by atoms with van der Waals surface area (Å²) in [5.41, 5.74) is 2.28. The fourth-order valence-corrected chi connectivity index (χ4v) is 2.16. The van der Waals surface area contributed by atoms with E-state index < -0.39 is 5.97 Å². The minimum Gasteiger partial charge on any atom is -0.465 e. The molecule has 0 spiro atoms. The van der Waals surface area contributed by atoms with Gasteiger partial charge in [-0.2, -0.15) is 0 Å². The minimum absolute atomic E-state index is 0.311. The number of ether oxygens (including phenoxy) is 1. The predicted octanol–water partition coefficient (Wildman–Crippen LogP) is 3.04. The number of methoxy groups -OCH3 is 1. The zero-order valence-electron chi connectivity index (χ0n) is 11.4. The molecule has 0 unspecified atom stereocenters. The minimum atomic E-state index is -0.466. The molecule has 5 nitrogen and oxygen atoms in total. The number of hydrogen-bond donors (Lipinski definition) is 1. The quantitative estimate of drug-likeness (QED) is 0.873. The molecule has 0 aliphatic carbocycles. The molecule has 0 aliphatic rings. The van der Waals surface area contributed by atoms with Crippen molar-refractivity contribution in [3.8, 4) is 11.4 Å². The van der Waals surface area contributed by atoms with Crippen LogP contribution in [0.25, 0.3) is 11.4 Å². The third kappa shape index (κ3) is 2.80. The Labute approximate surface area is 125 Å². The van der Waals surface area contributed by atoms with E-state index in [1.54, 1.807) is 7.05 Å². The molecular formula is C14H14BrN3O2. The van der Waals surface area contributed by atoms with E-state index in [1.807, 2.05) is 25.1 Å². The van der Waals surface area contributed by atoms with Gasteiger partial charge in [0.15, 0.2) is 5.82 Å². The first-order valence-electron chi connectivity index (χ1n) is 5.96. The summed E-state index contributed by atoms with van der Waals surface area (Å²) in [5.74, 6) is 0.536. The molecule has 2 aromatic rings. The Morgan fingerprint density at radius 3 is 2.80 bits per heavy atom. The topological polar surface area (TPSA) is 64.1 Å². The van der Waals surface area contributed by atoms with Gasteiger partial charge < -0.3 is 10.1 Å². The van der Waals surface area contributed by atoms with E-state index in [-0.39, 0.29) is 0 Å². The van der Waals surface area contributed by atoms with Crippen molar-refractivity contribution in [2.75, 3.05) is 19.5 Å². The van der Waals surface area contributed by atoms with E-state index in [2.05, 4.69) is 31.2 Å². The first-order chi connectivity index (χ1) is 9.56. The van der Waals surface area contributed by atoms with E-state index in [0.29, 0.717) is 17.2 Å². The average Bonchev–Trinajstić information content (AvgIpc) is 2.48. The molecule has 0 aliphatic heterocycles. The highest BCUT2D eigenvalue weighted by atomic mass is 79.9.